The predicted molar refractivity (Wildman–Crippen MR) is 118 cm³/mol. The third-order valence-corrected chi connectivity index (χ3v) is 5.05. The summed E-state index contributed by atoms with van der Waals surface area (Å²) < 4.78 is 10.8. The molecule has 0 fully saturated rings. The Morgan fingerprint density at radius 3 is 2.57 bits per heavy atom. The third kappa shape index (κ3) is 6.28. The van der Waals surface area contributed by atoms with Gasteiger partial charge in [-0.2, -0.15) is 0 Å². The van der Waals surface area contributed by atoms with Gasteiger partial charge in [0.2, 0.25) is 5.91 Å². The fourth-order valence-electron chi connectivity index (χ4n) is 2.46. The number of nitrogens with zero attached hydrogens (tertiary/aromatic N) is 2. The lowest BCUT2D eigenvalue weighted by molar-refractivity contribution is -0.115. The number of ether oxygens (including phenoxy) is 1. The fraction of sp³-hybridized carbons (Fsp3) is 0.0500. The van der Waals surface area contributed by atoms with Crippen LogP contribution in [-0.4, -0.2) is 5.91 Å². The first kappa shape index (κ1) is 21.8. The number of benzene rings is 3. The SMILES string of the molecule is NN=NOSc1cc(NC(=O)Cc2ccccc2Cl)ccc1Oc1ccc(Cl)cc1. The van der Waals surface area contributed by atoms with Crippen LogP contribution < -0.4 is 15.9 Å². The molecule has 7 nitrogen and oxygen atoms in total. The van der Waals surface area contributed by atoms with Crippen LogP contribution in [0.2, 0.25) is 10.0 Å². The molecule has 0 bridgehead atoms. The van der Waals surface area contributed by atoms with Gasteiger partial charge in [-0.15, -0.1) is 0 Å². The summed E-state index contributed by atoms with van der Waals surface area (Å²) in [5, 5.41) is 10.3. The Bertz CT molecular complexity index is 1050. The summed E-state index contributed by atoms with van der Waals surface area (Å²) in [4.78, 5) is 13.0. The highest BCUT2D eigenvalue weighted by molar-refractivity contribution is 7.94. The van der Waals surface area contributed by atoms with Crippen LogP contribution in [0, 0.1) is 0 Å². The van der Waals surface area contributed by atoms with Gasteiger partial charge in [0, 0.05) is 15.7 Å². The van der Waals surface area contributed by atoms with Gasteiger partial charge in [-0.25, -0.2) is 0 Å². The van der Waals surface area contributed by atoms with E-state index in [1.807, 2.05) is 12.1 Å². The summed E-state index contributed by atoms with van der Waals surface area (Å²) in [6.07, 6.45) is 0.142. The first-order chi connectivity index (χ1) is 14.5. The normalized spacial score (nSPS) is 10.7. The van der Waals surface area contributed by atoms with E-state index in [0.29, 0.717) is 32.1 Å². The zero-order valence-corrected chi connectivity index (χ0v) is 17.7. The number of halogens is 2. The van der Waals surface area contributed by atoms with Crippen molar-refractivity contribution in [1.82, 2.24) is 0 Å². The van der Waals surface area contributed by atoms with Gasteiger partial charge in [-0.05, 0) is 59.3 Å². The van der Waals surface area contributed by atoms with Gasteiger partial charge in [0.1, 0.15) is 23.5 Å². The van der Waals surface area contributed by atoms with Crippen LogP contribution in [-0.2, 0) is 15.5 Å². The van der Waals surface area contributed by atoms with Crippen LogP contribution in [0.4, 0.5) is 5.69 Å². The molecule has 0 unspecified atom stereocenters. The van der Waals surface area contributed by atoms with E-state index in [0.717, 1.165) is 17.6 Å². The predicted octanol–water partition coefficient (Wildman–Crippen LogP) is 6.23. The average molecular weight is 463 g/mol. The number of anilines is 1. The highest BCUT2D eigenvalue weighted by Gasteiger charge is 2.12. The number of carbonyl (C=O) groups is 1. The molecule has 10 heteroatoms. The van der Waals surface area contributed by atoms with Crippen molar-refractivity contribution in [2.24, 2.45) is 16.3 Å². The molecular weight excluding hydrogens is 447 g/mol. The molecule has 0 aliphatic rings. The Morgan fingerprint density at radius 1 is 1.07 bits per heavy atom. The Hall–Kier alpha value is -2.94. The van der Waals surface area contributed by atoms with Crippen molar-refractivity contribution in [3.8, 4) is 11.5 Å². The molecular formula is C20H16Cl2N4O3S. The van der Waals surface area contributed by atoms with Crippen LogP contribution in [0.5, 0.6) is 11.5 Å². The average Bonchev–Trinajstić information content (AvgIpc) is 2.73. The second kappa shape index (κ2) is 10.7. The highest BCUT2D eigenvalue weighted by Crippen LogP contribution is 2.36. The molecule has 0 heterocycles. The standard InChI is InChI=1S/C20H16Cl2N4O3S/c21-14-5-8-16(9-6-14)28-18-10-7-15(12-19(18)30-29-26-25-23)24-20(27)11-13-3-1-2-4-17(13)22/h1-10,12H,11H2,(H2,23,26)(H,24,27). The van der Waals surface area contributed by atoms with Crippen LogP contribution >= 0.6 is 35.2 Å². The van der Waals surface area contributed by atoms with E-state index in [-0.39, 0.29) is 12.3 Å². The largest absolute Gasteiger partial charge is 0.456 e. The maximum atomic E-state index is 12.4. The van der Waals surface area contributed by atoms with Gasteiger partial charge in [0.05, 0.1) is 16.6 Å². The molecule has 3 aromatic rings. The van der Waals surface area contributed by atoms with Crippen molar-refractivity contribution < 1.29 is 13.8 Å². The highest BCUT2D eigenvalue weighted by atomic mass is 35.5. The Morgan fingerprint density at radius 2 is 1.83 bits per heavy atom. The summed E-state index contributed by atoms with van der Waals surface area (Å²) in [6.45, 7) is 0. The van der Waals surface area contributed by atoms with E-state index in [9.17, 15) is 4.79 Å². The summed E-state index contributed by atoms with van der Waals surface area (Å²) in [7, 11) is 0. The summed E-state index contributed by atoms with van der Waals surface area (Å²) in [6, 6.07) is 19.2. The molecule has 3 rings (SSSR count). The van der Waals surface area contributed by atoms with Crippen molar-refractivity contribution >= 4 is 46.8 Å². The lowest BCUT2D eigenvalue weighted by Gasteiger charge is -2.12. The minimum Gasteiger partial charge on any atom is -0.456 e. The molecule has 0 saturated heterocycles. The third-order valence-electron chi connectivity index (χ3n) is 3.79. The van der Waals surface area contributed by atoms with Gasteiger partial charge in [0.15, 0.2) is 0 Å². The number of nitrogens with one attached hydrogen (secondary N) is 1. The van der Waals surface area contributed by atoms with E-state index >= 15 is 0 Å². The lowest BCUT2D eigenvalue weighted by atomic mass is 10.1. The number of hydrogen-bond acceptors (Lipinski definition) is 6. The maximum Gasteiger partial charge on any atom is 0.228 e. The van der Waals surface area contributed by atoms with Gasteiger partial charge in [-0.1, -0.05) is 41.4 Å². The molecule has 0 radical (unpaired) electrons. The zero-order chi connectivity index (χ0) is 21.3. The smallest absolute Gasteiger partial charge is 0.228 e. The Kier molecular flexibility index (Phi) is 7.78. The molecule has 30 heavy (non-hydrogen) atoms. The molecule has 0 aliphatic carbocycles. The summed E-state index contributed by atoms with van der Waals surface area (Å²) >= 11 is 12.9. The van der Waals surface area contributed by atoms with Crippen LogP contribution in [0.3, 0.4) is 0 Å². The van der Waals surface area contributed by atoms with Crippen molar-refractivity contribution in [2.45, 2.75) is 11.3 Å². The molecule has 0 saturated carbocycles. The molecule has 154 valence electrons. The summed E-state index contributed by atoms with van der Waals surface area (Å²) in [5.41, 5.74) is 1.28. The van der Waals surface area contributed by atoms with Crippen molar-refractivity contribution in [1.29, 1.82) is 0 Å². The van der Waals surface area contributed by atoms with Crippen molar-refractivity contribution in [3.05, 3.63) is 82.3 Å². The topological polar surface area (TPSA) is 98.3 Å². The van der Waals surface area contributed by atoms with Crippen LogP contribution in [0.25, 0.3) is 0 Å². The van der Waals surface area contributed by atoms with E-state index in [1.54, 1.807) is 54.6 Å². The quantitative estimate of drug-likeness (QED) is 0.179. The Labute approximate surface area is 187 Å². The van der Waals surface area contributed by atoms with Crippen LogP contribution in [0.15, 0.2) is 82.1 Å². The monoisotopic (exact) mass is 462 g/mol. The van der Waals surface area contributed by atoms with Gasteiger partial charge in [-0.3, -0.25) is 9.08 Å². The Balaban J connectivity index is 1.76. The fourth-order valence-corrected chi connectivity index (χ4v) is 3.31. The van der Waals surface area contributed by atoms with Gasteiger partial charge in [0.25, 0.3) is 0 Å². The van der Waals surface area contributed by atoms with Gasteiger partial charge < -0.3 is 15.9 Å². The summed E-state index contributed by atoms with van der Waals surface area (Å²) in [5.74, 6) is 5.81. The minimum absolute atomic E-state index is 0.142. The molecule has 0 aliphatic heterocycles. The second-order valence-corrected chi connectivity index (χ2v) is 7.49. The second-order valence-electron chi connectivity index (χ2n) is 5.89. The number of rotatable bonds is 8. The molecule has 0 aromatic heterocycles. The number of nitrogens with two attached hydrogens (primary N) is 1. The number of amides is 1. The van der Waals surface area contributed by atoms with Crippen molar-refractivity contribution in [2.75, 3.05) is 5.32 Å². The molecule has 3 aromatic carbocycles. The number of hydrogen-bond donors (Lipinski definition) is 2. The molecule has 0 spiro atoms. The zero-order valence-electron chi connectivity index (χ0n) is 15.4. The van der Waals surface area contributed by atoms with Crippen molar-refractivity contribution in [3.63, 3.8) is 0 Å². The van der Waals surface area contributed by atoms with E-state index < -0.39 is 0 Å². The van der Waals surface area contributed by atoms with Crippen LogP contribution in [0.1, 0.15) is 5.56 Å². The lowest BCUT2D eigenvalue weighted by Crippen LogP contribution is -2.14. The molecule has 0 atom stereocenters. The van der Waals surface area contributed by atoms with E-state index in [1.165, 1.54) is 0 Å². The first-order valence-corrected chi connectivity index (χ1v) is 10.1. The molecule has 3 N–H and O–H groups in total. The molecule has 1 amide bonds. The minimum atomic E-state index is -0.215. The number of carbonyl (C=O) groups excluding carboxylic acids is 1. The van der Waals surface area contributed by atoms with E-state index in [2.05, 4.69) is 15.8 Å². The van der Waals surface area contributed by atoms with E-state index in [4.69, 9.17) is 38.1 Å². The first-order valence-electron chi connectivity index (χ1n) is 8.60. The maximum absolute atomic E-state index is 12.4. The van der Waals surface area contributed by atoms with Gasteiger partial charge >= 0.3 is 0 Å².